The van der Waals surface area contributed by atoms with E-state index in [-0.39, 0.29) is 0 Å². The Morgan fingerprint density at radius 1 is 1.15 bits per heavy atom. The van der Waals surface area contributed by atoms with Crippen LogP contribution < -0.4 is 0 Å². The number of hydrogen-bond acceptors (Lipinski definition) is 2. The molecule has 96 valence electrons. The van der Waals surface area contributed by atoms with E-state index in [9.17, 15) is 5.26 Å². The number of aromatic nitrogens is 2. The number of hydrogen-bond donors (Lipinski definition) is 0. The van der Waals surface area contributed by atoms with Gasteiger partial charge in [0.25, 0.3) is 0 Å². The summed E-state index contributed by atoms with van der Waals surface area (Å²) in [5, 5.41) is 10.6. The van der Waals surface area contributed by atoms with Crippen LogP contribution in [0, 0.1) is 11.3 Å². The summed E-state index contributed by atoms with van der Waals surface area (Å²) < 4.78 is 2.21. The van der Waals surface area contributed by atoms with Crippen LogP contribution >= 0.6 is 0 Å². The van der Waals surface area contributed by atoms with E-state index < -0.39 is 0 Å². The topological polar surface area (TPSA) is 41.6 Å². The molecule has 3 aromatic rings. The van der Waals surface area contributed by atoms with E-state index >= 15 is 0 Å². The molecule has 3 heterocycles. The first-order valence-corrected chi connectivity index (χ1v) is 6.86. The molecule has 4 rings (SSSR count). The van der Waals surface area contributed by atoms with Crippen molar-refractivity contribution in [3.8, 4) is 17.3 Å². The molecule has 0 saturated heterocycles. The van der Waals surface area contributed by atoms with Gasteiger partial charge >= 0.3 is 0 Å². The number of pyridine rings is 1. The highest BCUT2D eigenvalue weighted by molar-refractivity contribution is 5.93. The summed E-state index contributed by atoms with van der Waals surface area (Å²) in [5.74, 6) is 0. The van der Waals surface area contributed by atoms with E-state index in [2.05, 4.69) is 33.8 Å². The Hall–Kier alpha value is -2.60. The van der Waals surface area contributed by atoms with E-state index in [1.807, 2.05) is 18.2 Å². The van der Waals surface area contributed by atoms with Crippen molar-refractivity contribution in [2.45, 2.75) is 19.4 Å². The first-order valence-electron chi connectivity index (χ1n) is 6.86. The highest BCUT2D eigenvalue weighted by atomic mass is 15.0. The van der Waals surface area contributed by atoms with Crippen LogP contribution in [0.25, 0.3) is 22.3 Å². The molecule has 0 bridgehead atoms. The molecule has 0 N–H and O–H groups in total. The van der Waals surface area contributed by atoms with Crippen molar-refractivity contribution in [1.29, 1.82) is 5.26 Å². The summed E-state index contributed by atoms with van der Waals surface area (Å²) in [5.41, 5.74) is 5.22. The van der Waals surface area contributed by atoms with Crippen molar-refractivity contribution in [1.82, 2.24) is 9.55 Å². The normalized spacial score (nSPS) is 13.3. The summed E-state index contributed by atoms with van der Waals surface area (Å²) in [4.78, 5) is 4.49. The van der Waals surface area contributed by atoms with Crippen LogP contribution in [-0.4, -0.2) is 9.55 Å². The summed E-state index contributed by atoms with van der Waals surface area (Å²) >= 11 is 0. The average molecular weight is 259 g/mol. The van der Waals surface area contributed by atoms with Crippen LogP contribution in [0.5, 0.6) is 0 Å². The quantitative estimate of drug-likeness (QED) is 0.620. The number of fused-ring (bicyclic) bond motifs is 5. The van der Waals surface area contributed by atoms with Crippen LogP contribution in [0.4, 0.5) is 0 Å². The van der Waals surface area contributed by atoms with E-state index in [0.717, 1.165) is 41.7 Å². The molecule has 0 atom stereocenters. The first kappa shape index (κ1) is 11.2. The van der Waals surface area contributed by atoms with Gasteiger partial charge in [-0.2, -0.15) is 5.26 Å². The highest BCUT2D eigenvalue weighted by Crippen LogP contribution is 2.36. The largest absolute Gasteiger partial charge is 0.324 e. The van der Waals surface area contributed by atoms with Crippen molar-refractivity contribution < 1.29 is 0 Å². The number of aryl methyl sites for hydroxylation is 2. The van der Waals surface area contributed by atoms with Gasteiger partial charge in [-0.15, -0.1) is 0 Å². The molecule has 0 fully saturated rings. The minimum Gasteiger partial charge on any atom is -0.324 e. The third kappa shape index (κ3) is 1.42. The fraction of sp³-hybridized carbons (Fsp3) is 0.176. The fourth-order valence-corrected chi connectivity index (χ4v) is 3.18. The second-order valence-corrected chi connectivity index (χ2v) is 5.12. The second kappa shape index (κ2) is 4.21. The first-order chi connectivity index (χ1) is 9.90. The molecule has 2 aromatic heterocycles. The SMILES string of the molecule is N#Cc1c2n(c3ncccc13)CCCc1ccccc1-2. The van der Waals surface area contributed by atoms with Crippen LogP contribution in [0.1, 0.15) is 17.5 Å². The Balaban J connectivity index is 2.19. The molecule has 0 saturated carbocycles. The predicted octanol–water partition coefficient (Wildman–Crippen LogP) is 3.52. The lowest BCUT2D eigenvalue weighted by atomic mass is 9.99. The lowest BCUT2D eigenvalue weighted by molar-refractivity contribution is 0.675. The fourth-order valence-electron chi connectivity index (χ4n) is 3.18. The minimum atomic E-state index is 0.752. The van der Waals surface area contributed by atoms with Gasteiger partial charge in [-0.05, 0) is 30.5 Å². The number of nitriles is 1. The van der Waals surface area contributed by atoms with Gasteiger partial charge in [0.2, 0.25) is 0 Å². The predicted molar refractivity (Wildman–Crippen MR) is 78.2 cm³/mol. The maximum absolute atomic E-state index is 9.61. The van der Waals surface area contributed by atoms with Crippen molar-refractivity contribution >= 4 is 11.0 Å². The molecule has 0 spiro atoms. The van der Waals surface area contributed by atoms with Crippen LogP contribution in [-0.2, 0) is 13.0 Å². The van der Waals surface area contributed by atoms with Gasteiger partial charge in [-0.1, -0.05) is 24.3 Å². The van der Waals surface area contributed by atoms with E-state index in [0.29, 0.717) is 0 Å². The molecule has 1 aromatic carbocycles. The second-order valence-electron chi connectivity index (χ2n) is 5.12. The average Bonchev–Trinajstić information content (AvgIpc) is 2.69. The van der Waals surface area contributed by atoms with Gasteiger partial charge in [0.05, 0.1) is 11.3 Å². The molecule has 0 amide bonds. The van der Waals surface area contributed by atoms with Gasteiger partial charge < -0.3 is 4.57 Å². The minimum absolute atomic E-state index is 0.752. The molecule has 1 aliphatic heterocycles. The van der Waals surface area contributed by atoms with Crippen molar-refractivity contribution in [2.24, 2.45) is 0 Å². The third-order valence-corrected chi connectivity index (χ3v) is 4.03. The van der Waals surface area contributed by atoms with Gasteiger partial charge in [0.1, 0.15) is 11.7 Å². The molecule has 20 heavy (non-hydrogen) atoms. The molecule has 0 aliphatic carbocycles. The lowest BCUT2D eigenvalue weighted by Crippen LogP contribution is -1.99. The number of nitrogens with zero attached hydrogens (tertiary/aromatic N) is 3. The summed E-state index contributed by atoms with van der Waals surface area (Å²) in [7, 11) is 0. The van der Waals surface area contributed by atoms with Gasteiger partial charge in [-0.25, -0.2) is 4.98 Å². The van der Waals surface area contributed by atoms with Crippen molar-refractivity contribution in [3.63, 3.8) is 0 Å². The molecule has 0 unspecified atom stereocenters. The maximum atomic E-state index is 9.61. The molecule has 0 radical (unpaired) electrons. The molecule has 3 heteroatoms. The zero-order valence-corrected chi connectivity index (χ0v) is 11.0. The molecular weight excluding hydrogens is 246 g/mol. The third-order valence-electron chi connectivity index (χ3n) is 4.03. The van der Waals surface area contributed by atoms with Crippen LogP contribution in [0.3, 0.4) is 0 Å². The van der Waals surface area contributed by atoms with E-state index in [4.69, 9.17) is 0 Å². The Morgan fingerprint density at radius 2 is 2.05 bits per heavy atom. The Bertz CT molecular complexity index is 852. The van der Waals surface area contributed by atoms with Crippen molar-refractivity contribution in [2.75, 3.05) is 0 Å². The van der Waals surface area contributed by atoms with Gasteiger partial charge in [0.15, 0.2) is 0 Å². The monoisotopic (exact) mass is 259 g/mol. The highest BCUT2D eigenvalue weighted by Gasteiger charge is 2.22. The zero-order chi connectivity index (χ0) is 13.5. The summed E-state index contributed by atoms with van der Waals surface area (Å²) in [6.45, 7) is 0.916. The zero-order valence-electron chi connectivity index (χ0n) is 11.0. The van der Waals surface area contributed by atoms with Crippen LogP contribution in [0.2, 0.25) is 0 Å². The smallest absolute Gasteiger partial charge is 0.141 e. The number of rotatable bonds is 0. The number of benzene rings is 1. The van der Waals surface area contributed by atoms with E-state index in [1.54, 1.807) is 6.20 Å². The Labute approximate surface area is 117 Å². The summed E-state index contributed by atoms with van der Waals surface area (Å²) in [6.07, 6.45) is 3.93. The van der Waals surface area contributed by atoms with Crippen molar-refractivity contribution in [3.05, 3.63) is 53.7 Å². The van der Waals surface area contributed by atoms with Gasteiger partial charge in [-0.3, -0.25) is 0 Å². The standard InChI is InChI=1S/C17H13N3/c18-11-15-14-8-3-9-19-17(14)20-10-4-6-12-5-1-2-7-13(12)16(15)20/h1-3,5,7-9H,4,6,10H2. The maximum Gasteiger partial charge on any atom is 0.141 e. The Kier molecular flexibility index (Phi) is 2.37. The van der Waals surface area contributed by atoms with Crippen LogP contribution in [0.15, 0.2) is 42.6 Å². The molecule has 3 nitrogen and oxygen atoms in total. The summed E-state index contributed by atoms with van der Waals surface area (Å²) in [6, 6.07) is 14.7. The Morgan fingerprint density at radius 3 is 2.95 bits per heavy atom. The molecule has 1 aliphatic rings. The van der Waals surface area contributed by atoms with Gasteiger partial charge in [0, 0.05) is 23.7 Å². The molecular formula is C17H13N3. The van der Waals surface area contributed by atoms with E-state index in [1.165, 1.54) is 11.1 Å². The lowest BCUT2D eigenvalue weighted by Gasteiger charge is -2.07.